The van der Waals surface area contributed by atoms with Crippen molar-refractivity contribution >= 4 is 23.5 Å². The monoisotopic (exact) mass is 312 g/mol. The number of piperidine rings is 1. The number of amides is 3. The van der Waals surface area contributed by atoms with Gasteiger partial charge in [0.1, 0.15) is 5.01 Å². The molecule has 2 N–H and O–H groups in total. The molecule has 1 aromatic rings. The number of methoxy groups -OCH3 is 1. The molecule has 7 nitrogen and oxygen atoms in total. The third kappa shape index (κ3) is 4.59. The summed E-state index contributed by atoms with van der Waals surface area (Å²) in [6.07, 6.45) is 1.36. The fourth-order valence-electron chi connectivity index (χ4n) is 2.27. The molecular weight excluding hydrogens is 292 g/mol. The van der Waals surface area contributed by atoms with E-state index in [-0.39, 0.29) is 18.2 Å². The molecular formula is C13H20N4O3S. The predicted octanol–water partition coefficient (Wildman–Crippen LogP) is 1.48. The number of hydrogen-bond acceptors (Lipinski definition) is 5. The molecule has 1 saturated heterocycles. The zero-order chi connectivity index (χ0) is 15.2. The van der Waals surface area contributed by atoms with Gasteiger partial charge < -0.3 is 20.3 Å². The molecule has 21 heavy (non-hydrogen) atoms. The fourth-order valence-corrected chi connectivity index (χ4v) is 2.98. The van der Waals surface area contributed by atoms with Crippen molar-refractivity contribution in [2.24, 2.45) is 0 Å². The standard InChI is InChI=1S/C13H20N4O3S/c1-9-8-21-11(15-9)6-14-12(18)16-10-4-3-5-17(7-10)13(19)20-2/h8,10H,3-7H2,1-2H3,(H2,14,16,18). The van der Waals surface area contributed by atoms with Crippen LogP contribution in [0.25, 0.3) is 0 Å². The van der Waals surface area contributed by atoms with E-state index in [1.165, 1.54) is 18.4 Å². The molecule has 1 atom stereocenters. The second-order valence-corrected chi connectivity index (χ2v) is 5.91. The van der Waals surface area contributed by atoms with Crippen molar-refractivity contribution in [3.63, 3.8) is 0 Å². The number of urea groups is 1. The quantitative estimate of drug-likeness (QED) is 0.885. The molecule has 0 aliphatic carbocycles. The zero-order valence-corrected chi connectivity index (χ0v) is 13.0. The minimum atomic E-state index is -0.347. The number of nitrogens with one attached hydrogen (secondary N) is 2. The summed E-state index contributed by atoms with van der Waals surface area (Å²) in [4.78, 5) is 29.2. The highest BCUT2D eigenvalue weighted by molar-refractivity contribution is 7.09. The minimum absolute atomic E-state index is 0.0455. The van der Waals surface area contributed by atoms with Gasteiger partial charge >= 0.3 is 12.1 Å². The molecule has 2 rings (SSSR count). The van der Waals surface area contributed by atoms with Crippen LogP contribution in [0, 0.1) is 6.92 Å². The van der Waals surface area contributed by atoms with Crippen LogP contribution in [0.2, 0.25) is 0 Å². The second kappa shape index (κ2) is 7.26. The van der Waals surface area contributed by atoms with Crippen molar-refractivity contribution in [2.75, 3.05) is 20.2 Å². The van der Waals surface area contributed by atoms with Gasteiger partial charge in [-0.2, -0.15) is 0 Å². The number of aromatic nitrogens is 1. The van der Waals surface area contributed by atoms with Gasteiger partial charge in [0.25, 0.3) is 0 Å². The molecule has 2 heterocycles. The van der Waals surface area contributed by atoms with E-state index in [0.717, 1.165) is 23.5 Å². The number of carbonyl (C=O) groups excluding carboxylic acids is 2. The van der Waals surface area contributed by atoms with Gasteiger partial charge in [-0.25, -0.2) is 14.6 Å². The number of carbonyl (C=O) groups is 2. The lowest BCUT2D eigenvalue weighted by Crippen LogP contribution is -2.51. The van der Waals surface area contributed by atoms with Gasteiger partial charge in [-0.05, 0) is 19.8 Å². The van der Waals surface area contributed by atoms with Crippen LogP contribution < -0.4 is 10.6 Å². The van der Waals surface area contributed by atoms with Crippen molar-refractivity contribution < 1.29 is 14.3 Å². The summed E-state index contributed by atoms with van der Waals surface area (Å²) in [6, 6.07) is -0.282. The SMILES string of the molecule is COC(=O)N1CCCC(NC(=O)NCc2nc(C)cs2)C1. The Morgan fingerprint density at radius 3 is 3.05 bits per heavy atom. The first kappa shape index (κ1) is 15.6. The molecule has 0 aromatic carbocycles. The van der Waals surface area contributed by atoms with Crippen LogP contribution in [0.5, 0.6) is 0 Å². The molecule has 0 spiro atoms. The van der Waals surface area contributed by atoms with Crippen LogP contribution in [-0.2, 0) is 11.3 Å². The van der Waals surface area contributed by atoms with Crippen molar-refractivity contribution in [2.45, 2.75) is 32.4 Å². The van der Waals surface area contributed by atoms with Crippen molar-refractivity contribution in [3.8, 4) is 0 Å². The Bertz CT molecular complexity index is 505. The van der Waals surface area contributed by atoms with E-state index in [1.54, 1.807) is 4.90 Å². The van der Waals surface area contributed by atoms with Gasteiger partial charge in [0.2, 0.25) is 0 Å². The molecule has 1 aliphatic heterocycles. The van der Waals surface area contributed by atoms with Gasteiger partial charge in [-0.3, -0.25) is 0 Å². The molecule has 116 valence electrons. The lowest BCUT2D eigenvalue weighted by Gasteiger charge is -2.32. The largest absolute Gasteiger partial charge is 0.453 e. The lowest BCUT2D eigenvalue weighted by molar-refractivity contribution is 0.108. The first-order valence-corrected chi connectivity index (χ1v) is 7.74. The molecule has 1 aromatic heterocycles. The number of aryl methyl sites for hydroxylation is 1. The second-order valence-electron chi connectivity index (χ2n) is 4.96. The van der Waals surface area contributed by atoms with Gasteiger partial charge in [-0.1, -0.05) is 0 Å². The summed E-state index contributed by atoms with van der Waals surface area (Å²) in [5, 5.41) is 8.49. The number of likely N-dealkylation sites (tertiary alicyclic amines) is 1. The maximum Gasteiger partial charge on any atom is 0.409 e. The smallest absolute Gasteiger partial charge is 0.409 e. The summed E-state index contributed by atoms with van der Waals surface area (Å²) in [5.74, 6) is 0. The first-order valence-electron chi connectivity index (χ1n) is 6.86. The highest BCUT2D eigenvalue weighted by atomic mass is 32.1. The summed E-state index contributed by atoms with van der Waals surface area (Å²) in [7, 11) is 1.36. The van der Waals surface area contributed by atoms with Crippen molar-refractivity contribution in [1.82, 2.24) is 20.5 Å². The maximum absolute atomic E-state index is 11.9. The van der Waals surface area contributed by atoms with E-state index < -0.39 is 0 Å². The van der Waals surface area contributed by atoms with E-state index in [0.29, 0.717) is 19.6 Å². The summed E-state index contributed by atoms with van der Waals surface area (Å²) < 4.78 is 4.70. The van der Waals surface area contributed by atoms with Crippen LogP contribution in [0.1, 0.15) is 23.5 Å². The van der Waals surface area contributed by atoms with E-state index >= 15 is 0 Å². The Morgan fingerprint density at radius 1 is 1.57 bits per heavy atom. The Hall–Kier alpha value is -1.83. The van der Waals surface area contributed by atoms with E-state index in [1.807, 2.05) is 12.3 Å². The van der Waals surface area contributed by atoms with E-state index in [2.05, 4.69) is 15.6 Å². The van der Waals surface area contributed by atoms with E-state index in [9.17, 15) is 9.59 Å². The maximum atomic E-state index is 11.9. The number of ether oxygens (including phenoxy) is 1. The van der Waals surface area contributed by atoms with Crippen molar-refractivity contribution in [3.05, 3.63) is 16.1 Å². The van der Waals surface area contributed by atoms with Gasteiger partial charge in [0, 0.05) is 30.2 Å². The highest BCUT2D eigenvalue weighted by Gasteiger charge is 2.25. The minimum Gasteiger partial charge on any atom is -0.453 e. The lowest BCUT2D eigenvalue weighted by atomic mass is 10.1. The number of thiazole rings is 1. The average Bonchev–Trinajstić information content (AvgIpc) is 2.90. The summed E-state index contributed by atoms with van der Waals surface area (Å²) in [6.45, 7) is 3.49. The average molecular weight is 312 g/mol. The third-order valence-electron chi connectivity index (χ3n) is 3.26. The topological polar surface area (TPSA) is 83.6 Å². The van der Waals surface area contributed by atoms with Crippen LogP contribution in [0.4, 0.5) is 9.59 Å². The Morgan fingerprint density at radius 2 is 2.38 bits per heavy atom. The van der Waals surface area contributed by atoms with Crippen LogP contribution in [-0.4, -0.2) is 48.2 Å². The molecule has 8 heteroatoms. The van der Waals surface area contributed by atoms with Gasteiger partial charge in [0.15, 0.2) is 0 Å². The first-order chi connectivity index (χ1) is 10.1. The highest BCUT2D eigenvalue weighted by Crippen LogP contribution is 2.11. The Balaban J connectivity index is 1.75. The molecule has 3 amide bonds. The number of rotatable bonds is 3. The zero-order valence-electron chi connectivity index (χ0n) is 12.2. The Labute approximate surface area is 127 Å². The number of hydrogen-bond donors (Lipinski definition) is 2. The number of nitrogens with zero attached hydrogens (tertiary/aromatic N) is 2. The third-order valence-corrected chi connectivity index (χ3v) is 4.22. The molecule has 0 saturated carbocycles. The van der Waals surface area contributed by atoms with E-state index in [4.69, 9.17) is 4.74 Å². The summed E-state index contributed by atoms with van der Waals surface area (Å²) in [5.41, 5.74) is 0.957. The normalized spacial score (nSPS) is 18.2. The summed E-state index contributed by atoms with van der Waals surface area (Å²) >= 11 is 1.52. The molecule has 0 radical (unpaired) electrons. The molecule has 1 unspecified atom stereocenters. The van der Waals surface area contributed by atoms with Gasteiger partial charge in [0.05, 0.1) is 13.7 Å². The molecule has 1 fully saturated rings. The van der Waals surface area contributed by atoms with Crippen LogP contribution >= 0.6 is 11.3 Å². The molecule has 0 bridgehead atoms. The van der Waals surface area contributed by atoms with Crippen LogP contribution in [0.15, 0.2) is 5.38 Å². The van der Waals surface area contributed by atoms with Gasteiger partial charge in [-0.15, -0.1) is 11.3 Å². The predicted molar refractivity (Wildman–Crippen MR) is 79.2 cm³/mol. The molecule has 1 aliphatic rings. The van der Waals surface area contributed by atoms with Crippen LogP contribution in [0.3, 0.4) is 0 Å². The fraction of sp³-hybridized carbons (Fsp3) is 0.615. The van der Waals surface area contributed by atoms with Crippen molar-refractivity contribution in [1.29, 1.82) is 0 Å². The Kier molecular flexibility index (Phi) is 5.38.